The molecule has 0 saturated heterocycles. The van der Waals surface area contributed by atoms with Crippen LogP contribution in [-0.4, -0.2) is 34.9 Å². The largest absolute Gasteiger partial charge is 0.477 e. The van der Waals surface area contributed by atoms with Gasteiger partial charge in [0.1, 0.15) is 6.54 Å². The first-order valence-electron chi connectivity index (χ1n) is 7.81. The number of carbonyl (C=O) groups excluding carboxylic acids is 2. The fourth-order valence-electron chi connectivity index (χ4n) is 2.67. The zero-order chi connectivity index (χ0) is 18.8. The van der Waals surface area contributed by atoms with Gasteiger partial charge in [-0.15, -0.1) is 0 Å². The van der Waals surface area contributed by atoms with E-state index in [4.69, 9.17) is 4.74 Å². The summed E-state index contributed by atoms with van der Waals surface area (Å²) in [7, 11) is 0. The number of nitrogens with one attached hydrogen (secondary N) is 1. The van der Waals surface area contributed by atoms with Gasteiger partial charge in [0.15, 0.2) is 12.4 Å². The van der Waals surface area contributed by atoms with E-state index in [1.807, 2.05) is 32.0 Å². The molecular formula is C17H16N4O5. The first kappa shape index (κ1) is 17.3. The minimum Gasteiger partial charge on any atom is -0.477 e. The maximum atomic E-state index is 12.5. The van der Waals surface area contributed by atoms with Crippen molar-refractivity contribution in [2.75, 3.05) is 23.4 Å². The summed E-state index contributed by atoms with van der Waals surface area (Å²) in [6.45, 7) is 3.14. The second-order valence-corrected chi connectivity index (χ2v) is 5.83. The Balaban J connectivity index is 1.85. The van der Waals surface area contributed by atoms with E-state index in [1.54, 1.807) is 0 Å². The van der Waals surface area contributed by atoms with Gasteiger partial charge in [0.2, 0.25) is 5.91 Å². The van der Waals surface area contributed by atoms with Crippen molar-refractivity contribution in [1.29, 1.82) is 0 Å². The molecule has 0 saturated carbocycles. The molecule has 0 unspecified atom stereocenters. The fourth-order valence-corrected chi connectivity index (χ4v) is 2.67. The Hall–Kier alpha value is -3.49. The van der Waals surface area contributed by atoms with E-state index in [2.05, 4.69) is 10.3 Å². The van der Waals surface area contributed by atoms with Crippen LogP contribution in [0.5, 0.6) is 5.75 Å². The summed E-state index contributed by atoms with van der Waals surface area (Å²) >= 11 is 0. The summed E-state index contributed by atoms with van der Waals surface area (Å²) in [6.07, 6.45) is 0. The van der Waals surface area contributed by atoms with Gasteiger partial charge in [-0.2, -0.15) is 0 Å². The molecule has 0 atom stereocenters. The predicted octanol–water partition coefficient (Wildman–Crippen LogP) is 1.97. The molecule has 1 aliphatic heterocycles. The number of hydrogen-bond acceptors (Lipinski definition) is 6. The maximum absolute atomic E-state index is 12.5. The summed E-state index contributed by atoms with van der Waals surface area (Å²) in [4.78, 5) is 39.8. The van der Waals surface area contributed by atoms with Gasteiger partial charge >= 0.3 is 5.82 Å². The van der Waals surface area contributed by atoms with Crippen LogP contribution in [0.1, 0.15) is 11.1 Å². The second-order valence-electron chi connectivity index (χ2n) is 5.83. The van der Waals surface area contributed by atoms with Crippen molar-refractivity contribution >= 4 is 29.1 Å². The van der Waals surface area contributed by atoms with E-state index in [0.717, 1.165) is 16.0 Å². The summed E-state index contributed by atoms with van der Waals surface area (Å²) in [6, 6.07) is 8.16. The highest BCUT2D eigenvalue weighted by Crippen LogP contribution is 2.32. The monoisotopic (exact) mass is 356 g/mol. The quantitative estimate of drug-likeness (QED) is 0.661. The lowest BCUT2D eigenvalue weighted by Crippen LogP contribution is -2.44. The number of benzene rings is 1. The normalized spacial score (nSPS) is 13.0. The van der Waals surface area contributed by atoms with Gasteiger partial charge in [0.25, 0.3) is 11.7 Å². The van der Waals surface area contributed by atoms with Gasteiger partial charge in [0.05, 0.1) is 0 Å². The number of para-hydroxylation sites is 1. The van der Waals surface area contributed by atoms with Crippen LogP contribution in [0.15, 0.2) is 30.3 Å². The molecule has 1 aromatic carbocycles. The van der Waals surface area contributed by atoms with Gasteiger partial charge in [-0.25, -0.2) is 0 Å². The number of nitro groups is 1. The van der Waals surface area contributed by atoms with Gasteiger partial charge < -0.3 is 20.2 Å². The van der Waals surface area contributed by atoms with Gasteiger partial charge in [-0.3, -0.25) is 14.5 Å². The number of carbonyl (C=O) groups is 2. The van der Waals surface area contributed by atoms with Crippen molar-refractivity contribution in [1.82, 2.24) is 4.98 Å². The Kier molecular flexibility index (Phi) is 4.53. The number of rotatable bonds is 4. The summed E-state index contributed by atoms with van der Waals surface area (Å²) in [5.74, 6) is -1.18. The number of hydrogen-bond donors (Lipinski definition) is 1. The standard InChI is InChI=1S/C17H16N4O5/c1-10-4-3-5-11(2)16(10)19-14(22)8-20-15(23)9-26-12-6-7-13(21(24)25)18-17(12)20/h3-7H,8-9H2,1-2H3,(H,19,22). The zero-order valence-corrected chi connectivity index (χ0v) is 14.2. The number of pyridine rings is 1. The van der Waals surface area contributed by atoms with Crippen LogP contribution < -0.4 is 15.0 Å². The zero-order valence-electron chi connectivity index (χ0n) is 14.2. The number of nitrogens with zero attached hydrogens (tertiary/aromatic N) is 3. The number of anilines is 2. The minimum atomic E-state index is -0.672. The molecule has 0 bridgehead atoms. The second kappa shape index (κ2) is 6.79. The molecule has 9 heteroatoms. The Labute approximate surface area is 148 Å². The van der Waals surface area contributed by atoms with Crippen molar-refractivity contribution in [3.63, 3.8) is 0 Å². The van der Waals surface area contributed by atoms with Crippen LogP contribution in [-0.2, 0) is 9.59 Å². The Morgan fingerprint density at radius 1 is 1.31 bits per heavy atom. The molecule has 134 valence electrons. The molecule has 26 heavy (non-hydrogen) atoms. The van der Waals surface area contributed by atoms with Crippen molar-refractivity contribution < 1.29 is 19.2 Å². The molecule has 2 amide bonds. The highest BCUT2D eigenvalue weighted by molar-refractivity contribution is 6.04. The van der Waals surface area contributed by atoms with E-state index < -0.39 is 22.6 Å². The topological polar surface area (TPSA) is 115 Å². The molecule has 2 aromatic rings. The molecule has 1 aromatic heterocycles. The lowest BCUT2D eigenvalue weighted by atomic mass is 10.1. The van der Waals surface area contributed by atoms with Gasteiger partial charge in [0, 0.05) is 11.8 Å². The summed E-state index contributed by atoms with van der Waals surface area (Å²) in [5, 5.41) is 13.7. The Morgan fingerprint density at radius 2 is 2.00 bits per heavy atom. The van der Waals surface area contributed by atoms with E-state index in [0.29, 0.717) is 5.69 Å². The molecular weight excluding hydrogens is 340 g/mol. The highest BCUT2D eigenvalue weighted by atomic mass is 16.6. The van der Waals surface area contributed by atoms with Gasteiger partial charge in [-0.1, -0.05) is 18.2 Å². The minimum absolute atomic E-state index is 0.0351. The smallest absolute Gasteiger partial charge is 0.366 e. The SMILES string of the molecule is Cc1cccc(C)c1NC(=O)CN1C(=O)COc2ccc([N+](=O)[O-])nc21. The molecule has 1 N–H and O–H groups in total. The average molecular weight is 356 g/mol. The van der Waals surface area contributed by atoms with Crippen molar-refractivity contribution in [3.8, 4) is 5.75 Å². The number of aryl methyl sites for hydroxylation is 2. The van der Waals surface area contributed by atoms with Crippen LogP contribution in [0.4, 0.5) is 17.3 Å². The van der Waals surface area contributed by atoms with E-state index >= 15 is 0 Å². The number of ether oxygens (including phenoxy) is 1. The number of aromatic nitrogens is 1. The first-order valence-corrected chi connectivity index (χ1v) is 7.81. The molecule has 9 nitrogen and oxygen atoms in total. The van der Waals surface area contributed by atoms with Crippen LogP contribution in [0.2, 0.25) is 0 Å². The maximum Gasteiger partial charge on any atom is 0.366 e. The predicted molar refractivity (Wildman–Crippen MR) is 93.3 cm³/mol. The number of fused-ring (bicyclic) bond motifs is 1. The van der Waals surface area contributed by atoms with Crippen molar-refractivity contribution in [2.24, 2.45) is 0 Å². The summed E-state index contributed by atoms with van der Waals surface area (Å²) in [5.41, 5.74) is 2.45. The van der Waals surface area contributed by atoms with Crippen LogP contribution in [0.25, 0.3) is 0 Å². The third-order valence-corrected chi connectivity index (χ3v) is 3.97. The van der Waals surface area contributed by atoms with Crippen molar-refractivity contribution in [3.05, 3.63) is 51.6 Å². The lowest BCUT2D eigenvalue weighted by Gasteiger charge is -2.25. The van der Waals surface area contributed by atoms with Crippen LogP contribution in [0, 0.1) is 24.0 Å². The third-order valence-electron chi connectivity index (χ3n) is 3.97. The van der Waals surface area contributed by atoms with Crippen LogP contribution >= 0.6 is 0 Å². The molecule has 0 fully saturated rings. The van der Waals surface area contributed by atoms with E-state index in [9.17, 15) is 19.7 Å². The third kappa shape index (κ3) is 3.32. The Morgan fingerprint density at radius 3 is 2.65 bits per heavy atom. The fraction of sp³-hybridized carbons (Fsp3) is 0.235. The highest BCUT2D eigenvalue weighted by Gasteiger charge is 2.33. The number of amides is 2. The molecule has 0 aliphatic carbocycles. The van der Waals surface area contributed by atoms with Crippen LogP contribution in [0.3, 0.4) is 0 Å². The molecule has 1 aliphatic rings. The van der Waals surface area contributed by atoms with E-state index in [-0.39, 0.29) is 24.7 Å². The first-order chi connectivity index (χ1) is 12.4. The summed E-state index contributed by atoms with van der Waals surface area (Å²) < 4.78 is 5.23. The molecule has 3 rings (SSSR count). The molecule has 0 spiro atoms. The molecule has 2 heterocycles. The van der Waals surface area contributed by atoms with E-state index in [1.165, 1.54) is 12.1 Å². The Bertz CT molecular complexity index is 892. The lowest BCUT2D eigenvalue weighted by molar-refractivity contribution is -0.389. The van der Waals surface area contributed by atoms with Crippen molar-refractivity contribution in [2.45, 2.75) is 13.8 Å². The molecule has 0 radical (unpaired) electrons. The average Bonchev–Trinajstić information content (AvgIpc) is 2.60. The van der Waals surface area contributed by atoms with Gasteiger partial charge in [-0.05, 0) is 40.9 Å².